The Morgan fingerprint density at radius 2 is 1.79 bits per heavy atom. The van der Waals surface area contributed by atoms with Crippen LogP contribution in [0.2, 0.25) is 0 Å². The fourth-order valence-electron chi connectivity index (χ4n) is 4.70. The van der Waals surface area contributed by atoms with Crippen LogP contribution in [0.25, 0.3) is 22.1 Å². The SMILES string of the molecule is CCOC(=O)c1c(Nc2nc3ccccc3nc2NS(=O)(=O)c2cccc3nsnc23)sc2c1CCC(C)C2. The van der Waals surface area contributed by atoms with Crippen LogP contribution in [0.15, 0.2) is 47.4 Å². The molecule has 200 valence electrons. The fourth-order valence-corrected chi connectivity index (χ4v) is 7.88. The van der Waals surface area contributed by atoms with Crippen molar-refractivity contribution in [1.29, 1.82) is 0 Å². The molecule has 2 N–H and O–H groups in total. The molecule has 13 heteroatoms. The molecule has 0 spiro atoms. The number of hydrogen-bond acceptors (Lipinski definition) is 11. The standard InChI is InChI=1S/C26H24N6O4S3/c1-3-36-26(33)21-15-12-11-14(2)13-19(15)37-25(21)29-23-24(28-17-8-5-4-7-16(17)27-23)32-39(34,35)20-10-6-9-18-22(20)31-38-30-18/h4-10,14H,3,11-13H2,1-2H3,(H,27,29)(H,28,32). The lowest BCUT2D eigenvalue weighted by Crippen LogP contribution is -2.17. The van der Waals surface area contributed by atoms with Crippen LogP contribution < -0.4 is 10.0 Å². The molecule has 0 aliphatic heterocycles. The van der Waals surface area contributed by atoms with Gasteiger partial charge in [0.2, 0.25) is 0 Å². The molecule has 10 nitrogen and oxygen atoms in total. The summed E-state index contributed by atoms with van der Waals surface area (Å²) in [4.78, 5) is 23.5. The molecule has 5 aromatic rings. The lowest BCUT2D eigenvalue weighted by molar-refractivity contribution is 0.0526. The van der Waals surface area contributed by atoms with Gasteiger partial charge < -0.3 is 10.1 Å². The first kappa shape index (κ1) is 25.6. The number of nitrogens with zero attached hydrogens (tertiary/aromatic N) is 4. The summed E-state index contributed by atoms with van der Waals surface area (Å²) in [6, 6.07) is 12.0. The summed E-state index contributed by atoms with van der Waals surface area (Å²) < 4.78 is 43.5. The molecule has 0 saturated heterocycles. The van der Waals surface area contributed by atoms with Crippen LogP contribution in [-0.4, -0.2) is 39.7 Å². The highest BCUT2D eigenvalue weighted by atomic mass is 32.2. The molecule has 0 fully saturated rings. The third-order valence-electron chi connectivity index (χ3n) is 6.56. The maximum atomic E-state index is 13.6. The molecular weight excluding hydrogens is 557 g/mol. The number of fused-ring (bicyclic) bond motifs is 3. The average molecular weight is 581 g/mol. The number of sulfonamides is 1. The first-order valence-corrected chi connectivity index (χ1v) is 15.5. The number of ether oxygens (including phenoxy) is 1. The van der Waals surface area contributed by atoms with E-state index in [9.17, 15) is 13.2 Å². The third-order valence-corrected chi connectivity index (χ3v) is 9.65. The van der Waals surface area contributed by atoms with E-state index in [0.29, 0.717) is 33.0 Å². The zero-order chi connectivity index (χ0) is 27.1. The van der Waals surface area contributed by atoms with Crippen molar-refractivity contribution in [2.75, 3.05) is 16.6 Å². The second-order valence-electron chi connectivity index (χ2n) is 9.30. The Morgan fingerprint density at radius 1 is 1.05 bits per heavy atom. The minimum absolute atomic E-state index is 0.00319. The number of aromatic nitrogens is 4. The van der Waals surface area contributed by atoms with Crippen molar-refractivity contribution in [1.82, 2.24) is 18.7 Å². The van der Waals surface area contributed by atoms with Gasteiger partial charge in [0.25, 0.3) is 10.0 Å². The van der Waals surface area contributed by atoms with E-state index in [1.54, 1.807) is 37.3 Å². The van der Waals surface area contributed by atoms with Crippen molar-refractivity contribution in [3.05, 3.63) is 58.5 Å². The number of anilines is 3. The molecule has 0 bridgehead atoms. The second kappa shape index (κ2) is 10.1. The van der Waals surface area contributed by atoms with E-state index in [1.807, 2.05) is 6.07 Å². The van der Waals surface area contributed by atoms with Crippen molar-refractivity contribution in [2.24, 2.45) is 5.92 Å². The van der Waals surface area contributed by atoms with Crippen molar-refractivity contribution in [3.8, 4) is 0 Å². The van der Waals surface area contributed by atoms with Gasteiger partial charge in [-0.05, 0) is 61.9 Å². The van der Waals surface area contributed by atoms with Gasteiger partial charge in [-0.3, -0.25) is 4.72 Å². The van der Waals surface area contributed by atoms with E-state index in [1.165, 1.54) is 17.4 Å². The van der Waals surface area contributed by atoms with E-state index >= 15 is 0 Å². The van der Waals surface area contributed by atoms with Gasteiger partial charge in [-0.1, -0.05) is 25.1 Å². The van der Waals surface area contributed by atoms with Crippen LogP contribution in [0, 0.1) is 5.92 Å². The van der Waals surface area contributed by atoms with Crippen molar-refractivity contribution < 1.29 is 17.9 Å². The number of esters is 1. The summed E-state index contributed by atoms with van der Waals surface area (Å²) in [5.74, 6) is 0.275. The quantitative estimate of drug-likeness (QED) is 0.238. The molecule has 2 aromatic carbocycles. The van der Waals surface area contributed by atoms with Crippen LogP contribution in [0.1, 0.15) is 41.1 Å². The lowest BCUT2D eigenvalue weighted by atomic mass is 9.88. The number of nitrogens with one attached hydrogen (secondary N) is 2. The second-order valence-corrected chi connectivity index (χ2v) is 12.6. The van der Waals surface area contributed by atoms with E-state index in [4.69, 9.17) is 9.72 Å². The van der Waals surface area contributed by atoms with Gasteiger partial charge in [-0.2, -0.15) is 8.75 Å². The normalized spacial score (nSPS) is 15.3. The Kier molecular flexibility index (Phi) is 6.65. The van der Waals surface area contributed by atoms with Crippen molar-refractivity contribution in [2.45, 2.75) is 38.0 Å². The molecular formula is C26H24N6O4S3. The molecule has 39 heavy (non-hydrogen) atoms. The minimum Gasteiger partial charge on any atom is -0.462 e. The van der Waals surface area contributed by atoms with E-state index in [0.717, 1.165) is 41.4 Å². The highest BCUT2D eigenvalue weighted by Gasteiger charge is 2.30. The van der Waals surface area contributed by atoms with Gasteiger partial charge in [0.1, 0.15) is 20.9 Å². The van der Waals surface area contributed by atoms with Gasteiger partial charge in [0, 0.05) is 4.88 Å². The van der Waals surface area contributed by atoms with E-state index in [2.05, 4.69) is 30.7 Å². The number of para-hydroxylation sites is 2. The summed E-state index contributed by atoms with van der Waals surface area (Å²) in [5, 5.41) is 3.80. The first-order valence-electron chi connectivity index (χ1n) is 12.4. The molecule has 0 radical (unpaired) electrons. The Morgan fingerprint density at radius 3 is 2.56 bits per heavy atom. The maximum absolute atomic E-state index is 13.6. The van der Waals surface area contributed by atoms with Crippen LogP contribution in [0.5, 0.6) is 0 Å². The molecule has 3 aromatic heterocycles. The van der Waals surface area contributed by atoms with Gasteiger partial charge in [0.05, 0.1) is 34.9 Å². The number of benzene rings is 2. The largest absolute Gasteiger partial charge is 0.462 e. The van der Waals surface area contributed by atoms with Gasteiger partial charge in [0.15, 0.2) is 11.6 Å². The summed E-state index contributed by atoms with van der Waals surface area (Å²) in [5.41, 5.74) is 3.32. The van der Waals surface area contributed by atoms with Crippen molar-refractivity contribution in [3.63, 3.8) is 0 Å². The summed E-state index contributed by atoms with van der Waals surface area (Å²) in [6.45, 7) is 4.21. The fraction of sp³-hybridized carbons (Fsp3) is 0.269. The van der Waals surface area contributed by atoms with Crippen LogP contribution >= 0.6 is 23.1 Å². The number of thiophene rings is 1. The molecule has 0 saturated carbocycles. The monoisotopic (exact) mass is 580 g/mol. The average Bonchev–Trinajstić information content (AvgIpc) is 3.53. The third kappa shape index (κ3) is 4.81. The highest BCUT2D eigenvalue weighted by molar-refractivity contribution is 7.93. The van der Waals surface area contributed by atoms with Crippen LogP contribution in [0.4, 0.5) is 16.6 Å². The smallest absolute Gasteiger partial charge is 0.341 e. The predicted octanol–water partition coefficient (Wildman–Crippen LogP) is 5.54. The predicted molar refractivity (Wildman–Crippen MR) is 153 cm³/mol. The molecule has 1 aliphatic carbocycles. The molecule has 1 atom stereocenters. The maximum Gasteiger partial charge on any atom is 0.341 e. The summed E-state index contributed by atoms with van der Waals surface area (Å²) >= 11 is 2.41. The number of carbonyl (C=O) groups is 1. The molecule has 1 unspecified atom stereocenters. The molecule has 6 rings (SSSR count). The van der Waals surface area contributed by atoms with E-state index in [-0.39, 0.29) is 28.7 Å². The number of hydrogen-bond donors (Lipinski definition) is 2. The Bertz CT molecular complexity index is 1830. The summed E-state index contributed by atoms with van der Waals surface area (Å²) in [7, 11) is -4.11. The van der Waals surface area contributed by atoms with Crippen molar-refractivity contribution >= 4 is 77.8 Å². The Hall–Kier alpha value is -3.68. The highest BCUT2D eigenvalue weighted by Crippen LogP contribution is 2.42. The number of rotatable bonds is 7. The minimum atomic E-state index is -4.11. The Labute approximate surface area is 232 Å². The van der Waals surface area contributed by atoms with Crippen LogP contribution in [0.3, 0.4) is 0 Å². The first-order chi connectivity index (χ1) is 18.8. The van der Waals surface area contributed by atoms with Gasteiger partial charge in [-0.15, -0.1) is 11.3 Å². The molecule has 1 aliphatic rings. The van der Waals surface area contributed by atoms with Gasteiger partial charge >= 0.3 is 5.97 Å². The number of carbonyl (C=O) groups excluding carboxylic acids is 1. The lowest BCUT2D eigenvalue weighted by Gasteiger charge is -2.18. The molecule has 0 amide bonds. The zero-order valence-electron chi connectivity index (χ0n) is 21.1. The van der Waals surface area contributed by atoms with E-state index < -0.39 is 16.0 Å². The van der Waals surface area contributed by atoms with Crippen LogP contribution in [-0.2, 0) is 27.6 Å². The topological polar surface area (TPSA) is 136 Å². The van der Waals surface area contributed by atoms with Gasteiger partial charge in [-0.25, -0.2) is 23.2 Å². The Balaban J connectivity index is 1.46. The summed E-state index contributed by atoms with van der Waals surface area (Å²) in [6.07, 6.45) is 2.62. The zero-order valence-corrected chi connectivity index (χ0v) is 23.5. The molecule has 3 heterocycles.